The van der Waals surface area contributed by atoms with Gasteiger partial charge in [0.1, 0.15) is 17.2 Å². The maximum Gasteiger partial charge on any atom is 0.309 e. The summed E-state index contributed by atoms with van der Waals surface area (Å²) in [6.45, 7) is 7.78. The second-order valence-corrected chi connectivity index (χ2v) is 9.38. The van der Waals surface area contributed by atoms with E-state index in [0.717, 1.165) is 33.0 Å². The van der Waals surface area contributed by atoms with Crippen LogP contribution in [-0.4, -0.2) is 29.0 Å². The third-order valence-corrected chi connectivity index (χ3v) is 6.51. The normalized spacial score (nSPS) is 11.4. The molecule has 3 aromatic carbocycles. The first-order chi connectivity index (χ1) is 17.4. The zero-order valence-electron chi connectivity index (χ0n) is 20.4. The number of hydrogen-bond donors (Lipinski definition) is 2. The summed E-state index contributed by atoms with van der Waals surface area (Å²) in [4.78, 5) is 32.9. The Balaban J connectivity index is 1.66. The number of thioether (sulfide) groups is 1. The molecule has 0 aliphatic rings. The third kappa shape index (κ3) is 5.75. The number of fused-ring (bicyclic) bond motifs is 1. The maximum absolute atomic E-state index is 13.3. The summed E-state index contributed by atoms with van der Waals surface area (Å²) in [5.41, 5.74) is 4.58. The lowest BCUT2D eigenvalue weighted by atomic mass is 10.0. The number of aryl methyl sites for hydroxylation is 1. The van der Waals surface area contributed by atoms with E-state index in [1.54, 1.807) is 5.41 Å². The molecule has 0 saturated carbocycles. The number of aromatic nitrogens is 2. The number of H-pyrrole nitrogens is 1. The maximum atomic E-state index is 13.3. The molecule has 0 bridgehead atoms. The predicted octanol–water partition coefficient (Wildman–Crippen LogP) is 6.61. The Labute approximate surface area is 214 Å². The molecule has 0 fully saturated rings. The second kappa shape index (κ2) is 11.1. The van der Waals surface area contributed by atoms with Crippen molar-refractivity contribution in [3.8, 4) is 22.6 Å². The van der Waals surface area contributed by atoms with Crippen LogP contribution in [0.3, 0.4) is 0 Å². The number of aromatic amines is 1. The molecule has 7 heteroatoms. The number of nitrogens with one attached hydrogen (secondary N) is 2. The summed E-state index contributed by atoms with van der Waals surface area (Å²) in [7, 11) is 1.35. The second-order valence-electron chi connectivity index (χ2n) is 8.41. The number of ether oxygens (including phenoxy) is 1. The van der Waals surface area contributed by atoms with Crippen LogP contribution in [0.4, 0.5) is 0 Å². The van der Waals surface area contributed by atoms with Crippen LogP contribution >= 0.6 is 11.8 Å². The van der Waals surface area contributed by atoms with Crippen molar-refractivity contribution < 1.29 is 14.3 Å². The van der Waals surface area contributed by atoms with Crippen molar-refractivity contribution in [2.24, 2.45) is 0 Å². The molecule has 1 heterocycles. The predicted molar refractivity (Wildman–Crippen MR) is 146 cm³/mol. The Hall–Kier alpha value is -4.10. The zero-order valence-corrected chi connectivity index (χ0v) is 21.2. The lowest BCUT2D eigenvalue weighted by Crippen LogP contribution is -2.21. The molecule has 0 unspecified atom stereocenters. The highest BCUT2D eigenvalue weighted by Crippen LogP contribution is 2.31. The van der Waals surface area contributed by atoms with E-state index < -0.39 is 0 Å². The molecule has 4 rings (SSSR count). The van der Waals surface area contributed by atoms with Gasteiger partial charge in [-0.3, -0.25) is 9.59 Å². The van der Waals surface area contributed by atoms with Gasteiger partial charge in [-0.2, -0.15) is 0 Å². The van der Waals surface area contributed by atoms with Crippen molar-refractivity contribution in [2.45, 2.75) is 20.3 Å². The van der Waals surface area contributed by atoms with Gasteiger partial charge in [0, 0.05) is 11.1 Å². The van der Waals surface area contributed by atoms with Crippen LogP contribution in [0, 0.1) is 6.92 Å². The van der Waals surface area contributed by atoms with E-state index in [9.17, 15) is 9.59 Å². The van der Waals surface area contributed by atoms with E-state index in [2.05, 4.69) is 21.6 Å². The topological polar surface area (TPSA) is 84.1 Å². The Morgan fingerprint density at radius 2 is 1.81 bits per heavy atom. The van der Waals surface area contributed by atoms with Crippen LogP contribution in [0.15, 0.2) is 89.3 Å². The molecule has 1 aromatic heterocycles. The highest BCUT2D eigenvalue weighted by molar-refractivity contribution is 8.05. The molecule has 0 aliphatic carbocycles. The molecule has 0 atom stereocenters. The number of esters is 1. The Kier molecular flexibility index (Phi) is 7.71. The molecule has 4 aromatic rings. The Morgan fingerprint density at radius 1 is 1.08 bits per heavy atom. The summed E-state index contributed by atoms with van der Waals surface area (Å²) in [5.74, 6) is -0.0548. The quantitative estimate of drug-likeness (QED) is 0.268. The number of amides is 1. The van der Waals surface area contributed by atoms with Gasteiger partial charge in [0.2, 0.25) is 0 Å². The summed E-state index contributed by atoms with van der Waals surface area (Å²) in [5, 5.41) is 7.18. The Morgan fingerprint density at radius 3 is 2.56 bits per heavy atom. The van der Waals surface area contributed by atoms with Gasteiger partial charge in [-0.25, -0.2) is 4.98 Å². The summed E-state index contributed by atoms with van der Waals surface area (Å²) < 4.78 is 4.69. The number of benzene rings is 3. The van der Waals surface area contributed by atoms with Crippen molar-refractivity contribution in [2.75, 3.05) is 7.11 Å². The van der Waals surface area contributed by atoms with Gasteiger partial charge in [-0.05, 0) is 30.0 Å². The van der Waals surface area contributed by atoms with Crippen LogP contribution in [0.25, 0.3) is 33.4 Å². The molecule has 0 aliphatic heterocycles. The van der Waals surface area contributed by atoms with Crippen LogP contribution < -0.4 is 5.32 Å². The van der Waals surface area contributed by atoms with Gasteiger partial charge in [-0.15, -0.1) is 0 Å². The molecule has 36 heavy (non-hydrogen) atoms. The number of rotatable bonds is 8. The van der Waals surface area contributed by atoms with E-state index >= 15 is 0 Å². The summed E-state index contributed by atoms with van der Waals surface area (Å²) in [6.07, 6.45) is 0.178. The van der Waals surface area contributed by atoms with E-state index in [-0.39, 0.29) is 18.3 Å². The molecule has 0 saturated heterocycles. The average Bonchev–Trinajstić information content (AvgIpc) is 3.33. The minimum atomic E-state index is -0.346. The van der Waals surface area contributed by atoms with Crippen LogP contribution in [-0.2, 0) is 9.53 Å². The molecule has 2 N–H and O–H groups in total. The molecule has 1 amide bonds. The third-order valence-electron chi connectivity index (χ3n) is 5.61. The highest BCUT2D eigenvalue weighted by Gasteiger charge is 2.21. The van der Waals surface area contributed by atoms with Crippen molar-refractivity contribution >= 4 is 34.4 Å². The SMILES string of the molecule is C=C(NC(=O)c1[nH]c(-c2cccc3ccccc23)nc1-c1ccc(C)cc1)S/C=C(\C)CC(=O)OC. The van der Waals surface area contributed by atoms with E-state index in [4.69, 9.17) is 4.98 Å². The number of methoxy groups -OCH3 is 1. The highest BCUT2D eigenvalue weighted by atomic mass is 32.2. The number of nitrogens with zero attached hydrogens (tertiary/aromatic N) is 1. The van der Waals surface area contributed by atoms with Gasteiger partial charge >= 0.3 is 5.97 Å². The summed E-state index contributed by atoms with van der Waals surface area (Å²) >= 11 is 1.24. The van der Waals surface area contributed by atoms with Crippen molar-refractivity contribution in [3.63, 3.8) is 0 Å². The summed E-state index contributed by atoms with van der Waals surface area (Å²) in [6, 6.07) is 22.0. The minimum Gasteiger partial charge on any atom is -0.469 e. The number of carbonyl (C=O) groups is 2. The molecule has 6 nitrogen and oxygen atoms in total. The molecular weight excluding hydrogens is 470 g/mol. The first kappa shape index (κ1) is 25.0. The minimum absolute atomic E-state index is 0.178. The van der Waals surface area contributed by atoms with Crippen LogP contribution in [0.5, 0.6) is 0 Å². The lowest BCUT2D eigenvalue weighted by molar-refractivity contribution is -0.139. The fourth-order valence-corrected chi connectivity index (χ4v) is 4.33. The Bertz CT molecular complexity index is 1460. The number of hydrogen-bond acceptors (Lipinski definition) is 5. The van der Waals surface area contributed by atoms with E-state index in [1.807, 2.05) is 80.6 Å². The molecule has 0 spiro atoms. The lowest BCUT2D eigenvalue weighted by Gasteiger charge is -2.07. The van der Waals surface area contributed by atoms with Crippen LogP contribution in [0.2, 0.25) is 0 Å². The molecular formula is C29H27N3O3S. The van der Waals surface area contributed by atoms with Crippen molar-refractivity contribution in [1.29, 1.82) is 0 Å². The molecule has 0 radical (unpaired) electrons. The van der Waals surface area contributed by atoms with Gasteiger partial charge in [0.25, 0.3) is 5.91 Å². The van der Waals surface area contributed by atoms with Gasteiger partial charge in [-0.1, -0.05) is 96.2 Å². The number of carbonyl (C=O) groups excluding carboxylic acids is 2. The fourth-order valence-electron chi connectivity index (χ4n) is 3.75. The van der Waals surface area contributed by atoms with Gasteiger partial charge in [0.15, 0.2) is 0 Å². The van der Waals surface area contributed by atoms with Crippen molar-refractivity contribution in [3.05, 3.63) is 101 Å². The van der Waals surface area contributed by atoms with Gasteiger partial charge < -0.3 is 15.0 Å². The fraction of sp³-hybridized carbons (Fsp3) is 0.138. The number of imidazole rings is 1. The largest absolute Gasteiger partial charge is 0.469 e. The monoisotopic (exact) mass is 497 g/mol. The van der Waals surface area contributed by atoms with Gasteiger partial charge in [0.05, 0.1) is 18.6 Å². The standard InChI is InChI=1S/C29H27N3O3S/c1-18-12-14-22(15-13-18)26-27(29(34)30-20(3)36-17-19(2)16-25(33)35-4)32-28(31-26)24-11-7-9-21-8-5-6-10-23(21)24/h5-15,17H,3,16H2,1-2,4H3,(H,30,34)(H,31,32)/b19-17+. The smallest absolute Gasteiger partial charge is 0.309 e. The van der Waals surface area contributed by atoms with Crippen molar-refractivity contribution in [1.82, 2.24) is 15.3 Å². The first-order valence-electron chi connectivity index (χ1n) is 11.4. The van der Waals surface area contributed by atoms with Crippen LogP contribution in [0.1, 0.15) is 29.4 Å². The average molecular weight is 498 g/mol. The van der Waals surface area contributed by atoms with E-state index in [1.165, 1.54) is 18.9 Å². The first-order valence-corrected chi connectivity index (χ1v) is 12.3. The van der Waals surface area contributed by atoms with E-state index in [0.29, 0.717) is 22.2 Å². The molecule has 182 valence electrons. The zero-order chi connectivity index (χ0) is 25.7.